The van der Waals surface area contributed by atoms with Crippen LogP contribution in [0.1, 0.15) is 56.5 Å². The van der Waals surface area contributed by atoms with Gasteiger partial charge in [-0.05, 0) is 48.9 Å². The van der Waals surface area contributed by atoms with Crippen molar-refractivity contribution in [2.24, 2.45) is 5.41 Å². The van der Waals surface area contributed by atoms with Crippen molar-refractivity contribution in [1.82, 2.24) is 5.32 Å². The normalized spacial score (nSPS) is 11.2. The van der Waals surface area contributed by atoms with E-state index in [2.05, 4.69) is 38.3 Å². The molecule has 1 amide bonds. The van der Waals surface area contributed by atoms with E-state index in [1.165, 1.54) is 0 Å². The number of aryl methyl sites for hydroxylation is 1. The number of carbonyl (C=O) groups excluding carboxylic acids is 1. The summed E-state index contributed by atoms with van der Waals surface area (Å²) in [6.45, 7) is 12.3. The van der Waals surface area contributed by atoms with E-state index >= 15 is 0 Å². The molecule has 1 aromatic carbocycles. The molecule has 3 nitrogen and oxygen atoms in total. The van der Waals surface area contributed by atoms with Crippen LogP contribution in [0.25, 0.3) is 0 Å². The van der Waals surface area contributed by atoms with E-state index in [4.69, 9.17) is 0 Å². The molecule has 0 radical (unpaired) electrons. The van der Waals surface area contributed by atoms with Crippen molar-refractivity contribution in [1.29, 1.82) is 0 Å². The number of hydrogen-bond donors (Lipinski definition) is 2. The highest BCUT2D eigenvalue weighted by Crippen LogP contribution is 2.19. The first-order valence-corrected chi connectivity index (χ1v) is 7.52. The van der Waals surface area contributed by atoms with Gasteiger partial charge in [-0.1, -0.05) is 27.7 Å². The zero-order valence-corrected chi connectivity index (χ0v) is 13.5. The van der Waals surface area contributed by atoms with Crippen molar-refractivity contribution >= 4 is 11.6 Å². The summed E-state index contributed by atoms with van der Waals surface area (Å²) in [5, 5.41) is 6.37. The third-order valence-corrected chi connectivity index (χ3v) is 3.73. The Bertz CT molecular complexity index is 452. The lowest BCUT2D eigenvalue weighted by Crippen LogP contribution is -2.33. The molecule has 0 heterocycles. The number of rotatable bonds is 7. The standard InChI is InChI=1S/C17H28N2O/c1-6-10-18-14-8-9-15(13(3)11-14)16(20)19-12-17(4,5)7-2/h8-9,11,18H,6-7,10,12H2,1-5H3,(H,19,20). The second kappa shape index (κ2) is 7.32. The van der Waals surface area contributed by atoms with E-state index in [-0.39, 0.29) is 11.3 Å². The lowest BCUT2D eigenvalue weighted by Gasteiger charge is -2.23. The van der Waals surface area contributed by atoms with Crippen LogP contribution in [0.15, 0.2) is 18.2 Å². The van der Waals surface area contributed by atoms with Gasteiger partial charge < -0.3 is 10.6 Å². The van der Waals surface area contributed by atoms with Crippen LogP contribution in [0.4, 0.5) is 5.69 Å². The summed E-state index contributed by atoms with van der Waals surface area (Å²) in [6.07, 6.45) is 2.14. The Kier molecular flexibility index (Phi) is 6.05. The number of carbonyl (C=O) groups is 1. The van der Waals surface area contributed by atoms with Gasteiger partial charge in [-0.25, -0.2) is 0 Å². The Labute approximate surface area is 123 Å². The van der Waals surface area contributed by atoms with Crippen molar-refractivity contribution < 1.29 is 4.79 Å². The molecule has 112 valence electrons. The van der Waals surface area contributed by atoms with Crippen LogP contribution in [0, 0.1) is 12.3 Å². The van der Waals surface area contributed by atoms with Crippen molar-refractivity contribution in [2.75, 3.05) is 18.4 Å². The fourth-order valence-corrected chi connectivity index (χ4v) is 1.84. The maximum Gasteiger partial charge on any atom is 0.251 e. The zero-order chi connectivity index (χ0) is 15.2. The van der Waals surface area contributed by atoms with Crippen molar-refractivity contribution in [3.8, 4) is 0 Å². The molecule has 1 rings (SSSR count). The van der Waals surface area contributed by atoms with E-state index in [9.17, 15) is 4.79 Å². The van der Waals surface area contributed by atoms with E-state index in [0.29, 0.717) is 6.54 Å². The molecular formula is C17H28N2O. The Morgan fingerprint density at radius 1 is 1.25 bits per heavy atom. The summed E-state index contributed by atoms with van der Waals surface area (Å²) in [4.78, 5) is 12.2. The number of benzene rings is 1. The first-order valence-electron chi connectivity index (χ1n) is 7.52. The van der Waals surface area contributed by atoms with Gasteiger partial charge in [-0.15, -0.1) is 0 Å². The number of amides is 1. The third-order valence-electron chi connectivity index (χ3n) is 3.73. The third kappa shape index (κ3) is 4.87. The number of anilines is 1. The molecule has 0 aromatic heterocycles. The van der Waals surface area contributed by atoms with Gasteiger partial charge in [0, 0.05) is 24.3 Å². The average molecular weight is 276 g/mol. The Morgan fingerprint density at radius 2 is 1.95 bits per heavy atom. The van der Waals surface area contributed by atoms with E-state index in [1.54, 1.807) is 0 Å². The molecular weight excluding hydrogens is 248 g/mol. The summed E-state index contributed by atoms with van der Waals surface area (Å²) >= 11 is 0. The Hall–Kier alpha value is -1.51. The van der Waals surface area contributed by atoms with Crippen molar-refractivity contribution in [2.45, 2.75) is 47.5 Å². The van der Waals surface area contributed by atoms with Gasteiger partial charge in [-0.2, -0.15) is 0 Å². The first kappa shape index (κ1) is 16.5. The minimum absolute atomic E-state index is 0.0195. The molecule has 20 heavy (non-hydrogen) atoms. The molecule has 0 aliphatic carbocycles. The molecule has 0 fully saturated rings. The summed E-state index contributed by atoms with van der Waals surface area (Å²) in [6, 6.07) is 5.92. The molecule has 3 heteroatoms. The molecule has 1 aromatic rings. The van der Waals surface area contributed by atoms with E-state index < -0.39 is 0 Å². The largest absolute Gasteiger partial charge is 0.385 e. The van der Waals surface area contributed by atoms with Gasteiger partial charge in [0.05, 0.1) is 0 Å². The molecule has 2 N–H and O–H groups in total. The molecule has 0 saturated heterocycles. The molecule has 0 atom stereocenters. The fraction of sp³-hybridized carbons (Fsp3) is 0.588. The predicted octanol–water partition coefficient (Wildman–Crippen LogP) is 3.98. The monoisotopic (exact) mass is 276 g/mol. The molecule has 0 bridgehead atoms. The van der Waals surface area contributed by atoms with Crippen LogP contribution in [0.5, 0.6) is 0 Å². The SMILES string of the molecule is CCCNc1ccc(C(=O)NCC(C)(C)CC)c(C)c1. The quantitative estimate of drug-likeness (QED) is 0.791. The fourth-order valence-electron chi connectivity index (χ4n) is 1.84. The van der Waals surface area contributed by atoms with Crippen LogP contribution < -0.4 is 10.6 Å². The van der Waals surface area contributed by atoms with Gasteiger partial charge >= 0.3 is 0 Å². The van der Waals surface area contributed by atoms with E-state index in [0.717, 1.165) is 36.2 Å². The van der Waals surface area contributed by atoms with E-state index in [1.807, 2.05) is 25.1 Å². The predicted molar refractivity (Wildman–Crippen MR) is 86.4 cm³/mol. The second-order valence-electron chi connectivity index (χ2n) is 6.16. The van der Waals surface area contributed by atoms with Gasteiger partial charge in [0.1, 0.15) is 0 Å². The van der Waals surface area contributed by atoms with Gasteiger partial charge in [0.25, 0.3) is 5.91 Å². The minimum Gasteiger partial charge on any atom is -0.385 e. The number of hydrogen-bond acceptors (Lipinski definition) is 2. The maximum absolute atomic E-state index is 12.2. The Balaban J connectivity index is 2.69. The zero-order valence-electron chi connectivity index (χ0n) is 13.5. The van der Waals surface area contributed by atoms with Gasteiger partial charge in [0.15, 0.2) is 0 Å². The molecule has 0 saturated carbocycles. The van der Waals surface area contributed by atoms with Crippen LogP contribution in [-0.2, 0) is 0 Å². The lowest BCUT2D eigenvalue weighted by atomic mass is 9.90. The van der Waals surface area contributed by atoms with Gasteiger partial charge in [-0.3, -0.25) is 4.79 Å². The molecule has 0 aliphatic heterocycles. The van der Waals surface area contributed by atoms with Crippen LogP contribution in [-0.4, -0.2) is 19.0 Å². The lowest BCUT2D eigenvalue weighted by molar-refractivity contribution is 0.0935. The van der Waals surface area contributed by atoms with Crippen LogP contribution in [0.2, 0.25) is 0 Å². The highest BCUT2D eigenvalue weighted by atomic mass is 16.1. The second-order valence-corrected chi connectivity index (χ2v) is 6.16. The summed E-state index contributed by atoms with van der Waals surface area (Å²) in [5.74, 6) is 0.0195. The molecule has 0 unspecified atom stereocenters. The topological polar surface area (TPSA) is 41.1 Å². The maximum atomic E-state index is 12.2. The minimum atomic E-state index is 0.0195. The Morgan fingerprint density at radius 3 is 2.50 bits per heavy atom. The summed E-state index contributed by atoms with van der Waals surface area (Å²) < 4.78 is 0. The molecule has 0 aliphatic rings. The smallest absolute Gasteiger partial charge is 0.251 e. The average Bonchev–Trinajstić information content (AvgIpc) is 2.42. The number of nitrogens with one attached hydrogen (secondary N) is 2. The van der Waals surface area contributed by atoms with Crippen molar-refractivity contribution in [3.05, 3.63) is 29.3 Å². The van der Waals surface area contributed by atoms with Crippen molar-refractivity contribution in [3.63, 3.8) is 0 Å². The summed E-state index contributed by atoms with van der Waals surface area (Å²) in [7, 11) is 0. The van der Waals surface area contributed by atoms with Crippen LogP contribution >= 0.6 is 0 Å². The molecule has 0 spiro atoms. The highest BCUT2D eigenvalue weighted by Gasteiger charge is 2.17. The summed E-state index contributed by atoms with van der Waals surface area (Å²) in [5.41, 5.74) is 3.00. The first-order chi connectivity index (χ1) is 9.39. The van der Waals surface area contributed by atoms with Crippen LogP contribution in [0.3, 0.4) is 0 Å². The highest BCUT2D eigenvalue weighted by molar-refractivity contribution is 5.96. The van der Waals surface area contributed by atoms with Gasteiger partial charge in [0.2, 0.25) is 0 Å².